The molecule has 3 rings (SSSR count). The summed E-state index contributed by atoms with van der Waals surface area (Å²) in [4.78, 5) is 28.8. The van der Waals surface area contributed by atoms with Gasteiger partial charge in [-0.15, -0.1) is 11.8 Å². The number of hydrogen-bond acceptors (Lipinski definition) is 4. The summed E-state index contributed by atoms with van der Waals surface area (Å²) in [7, 11) is 1.60. The van der Waals surface area contributed by atoms with Crippen molar-refractivity contribution in [1.82, 2.24) is 10.2 Å². The number of rotatable bonds is 13. The van der Waals surface area contributed by atoms with Crippen molar-refractivity contribution in [2.75, 3.05) is 19.4 Å². The maximum absolute atomic E-state index is 13.7. The Bertz CT molecular complexity index is 1140. The van der Waals surface area contributed by atoms with Gasteiger partial charge in [0.2, 0.25) is 11.8 Å². The highest BCUT2D eigenvalue weighted by Crippen LogP contribution is 2.21. The zero-order valence-corrected chi connectivity index (χ0v) is 22.5. The molecule has 0 aliphatic carbocycles. The first-order chi connectivity index (χ1) is 17.9. The Balaban J connectivity index is 1.85. The van der Waals surface area contributed by atoms with Gasteiger partial charge in [-0.2, -0.15) is 0 Å². The summed E-state index contributed by atoms with van der Waals surface area (Å²) in [6.45, 7) is 4.89. The lowest BCUT2D eigenvalue weighted by atomic mass is 10.0. The van der Waals surface area contributed by atoms with E-state index in [-0.39, 0.29) is 35.8 Å². The smallest absolute Gasteiger partial charge is 0.243 e. The van der Waals surface area contributed by atoms with Crippen LogP contribution in [0, 0.1) is 11.7 Å². The van der Waals surface area contributed by atoms with Crippen molar-refractivity contribution in [3.63, 3.8) is 0 Å². The van der Waals surface area contributed by atoms with Gasteiger partial charge >= 0.3 is 0 Å². The number of nitrogens with one attached hydrogen (secondary N) is 1. The third kappa shape index (κ3) is 9.25. The second-order valence-corrected chi connectivity index (χ2v) is 10.3. The highest BCUT2D eigenvalue weighted by molar-refractivity contribution is 7.99. The van der Waals surface area contributed by atoms with Crippen LogP contribution in [0.3, 0.4) is 0 Å². The monoisotopic (exact) mass is 522 g/mol. The zero-order chi connectivity index (χ0) is 26.6. The summed E-state index contributed by atoms with van der Waals surface area (Å²) in [5, 5.41) is 3.03. The summed E-state index contributed by atoms with van der Waals surface area (Å²) >= 11 is 1.45. The van der Waals surface area contributed by atoms with Crippen LogP contribution in [-0.4, -0.2) is 42.2 Å². The van der Waals surface area contributed by atoms with Gasteiger partial charge in [0.25, 0.3) is 0 Å². The largest absolute Gasteiger partial charge is 0.497 e. The normalized spacial score (nSPS) is 11.7. The molecule has 0 fully saturated rings. The standard InChI is InChI=1S/C30H35FN2O3S/c1-22(2)18-32-30(35)28(17-23-8-5-4-6-9-23)33(19-25-10-7-11-27(16-25)36-3)29(34)21-37-20-24-12-14-26(31)15-13-24/h4-16,22,28H,17-21H2,1-3H3,(H,32,35)/t28-/m1/s1. The van der Waals surface area contributed by atoms with E-state index in [0.717, 1.165) is 16.7 Å². The van der Waals surface area contributed by atoms with Gasteiger partial charge in [0.05, 0.1) is 12.9 Å². The predicted octanol–water partition coefficient (Wildman–Crippen LogP) is 5.48. The molecule has 7 heteroatoms. The number of carbonyl (C=O) groups is 2. The van der Waals surface area contributed by atoms with E-state index in [1.165, 1.54) is 23.9 Å². The summed E-state index contributed by atoms with van der Waals surface area (Å²) < 4.78 is 18.6. The van der Waals surface area contributed by atoms with E-state index in [1.54, 1.807) is 24.1 Å². The zero-order valence-electron chi connectivity index (χ0n) is 21.7. The maximum Gasteiger partial charge on any atom is 0.243 e. The molecule has 0 saturated carbocycles. The summed E-state index contributed by atoms with van der Waals surface area (Å²) in [6, 6.07) is 22.9. The van der Waals surface area contributed by atoms with Gasteiger partial charge in [0, 0.05) is 25.3 Å². The minimum absolute atomic E-state index is 0.129. The van der Waals surface area contributed by atoms with Crippen LogP contribution < -0.4 is 10.1 Å². The lowest BCUT2D eigenvalue weighted by Gasteiger charge is -2.32. The molecule has 0 aromatic heterocycles. The summed E-state index contributed by atoms with van der Waals surface area (Å²) in [6.07, 6.45) is 0.406. The number of hydrogen-bond donors (Lipinski definition) is 1. The van der Waals surface area contributed by atoms with E-state index in [1.807, 2.05) is 68.4 Å². The van der Waals surface area contributed by atoms with E-state index in [2.05, 4.69) is 5.32 Å². The Morgan fingerprint density at radius 3 is 2.32 bits per heavy atom. The molecule has 0 spiro atoms. The molecule has 3 aromatic rings. The molecule has 0 aliphatic heterocycles. The van der Waals surface area contributed by atoms with Crippen molar-refractivity contribution >= 4 is 23.6 Å². The number of benzene rings is 3. The first-order valence-corrected chi connectivity index (χ1v) is 13.6. The van der Waals surface area contributed by atoms with Crippen molar-refractivity contribution in [3.8, 4) is 5.75 Å². The number of amides is 2. The van der Waals surface area contributed by atoms with Crippen LogP contribution in [0.25, 0.3) is 0 Å². The molecule has 0 unspecified atom stereocenters. The van der Waals surface area contributed by atoms with E-state index in [0.29, 0.717) is 24.5 Å². The molecule has 0 aliphatic rings. The van der Waals surface area contributed by atoms with Crippen molar-refractivity contribution in [2.45, 2.75) is 38.6 Å². The molecule has 1 N–H and O–H groups in total. The average Bonchev–Trinajstić information content (AvgIpc) is 2.91. The third-order valence-corrected chi connectivity index (χ3v) is 6.84. The Kier molecular flexibility index (Phi) is 11.0. The lowest BCUT2D eigenvalue weighted by Crippen LogP contribution is -2.51. The van der Waals surface area contributed by atoms with Crippen LogP contribution in [0.2, 0.25) is 0 Å². The van der Waals surface area contributed by atoms with Crippen LogP contribution in [0.5, 0.6) is 5.75 Å². The molecule has 2 amide bonds. The Hall–Kier alpha value is -3.32. The van der Waals surface area contributed by atoms with Gasteiger partial charge in [-0.1, -0.05) is 68.4 Å². The molecule has 3 aromatic carbocycles. The molecular weight excluding hydrogens is 487 g/mol. The SMILES string of the molecule is COc1cccc(CN(C(=O)CSCc2ccc(F)cc2)[C@H](Cc2ccccc2)C(=O)NCC(C)C)c1. The first-order valence-electron chi connectivity index (χ1n) is 12.4. The second-order valence-electron chi connectivity index (χ2n) is 9.34. The fourth-order valence-electron chi connectivity index (χ4n) is 3.86. The van der Waals surface area contributed by atoms with Crippen LogP contribution in [-0.2, 0) is 28.3 Å². The summed E-state index contributed by atoms with van der Waals surface area (Å²) in [5.41, 5.74) is 2.80. The predicted molar refractivity (Wildman–Crippen MR) is 148 cm³/mol. The Morgan fingerprint density at radius 1 is 0.946 bits per heavy atom. The van der Waals surface area contributed by atoms with E-state index >= 15 is 0 Å². The number of carbonyl (C=O) groups excluding carboxylic acids is 2. The first kappa shape index (κ1) is 28.3. The van der Waals surface area contributed by atoms with Gasteiger partial charge < -0.3 is 15.0 Å². The molecule has 0 bridgehead atoms. The third-order valence-electron chi connectivity index (χ3n) is 5.85. The van der Waals surface area contributed by atoms with Crippen LogP contribution in [0.4, 0.5) is 4.39 Å². The van der Waals surface area contributed by atoms with Gasteiger partial charge in [-0.3, -0.25) is 9.59 Å². The molecule has 1 atom stereocenters. The second kappa shape index (κ2) is 14.4. The van der Waals surface area contributed by atoms with Gasteiger partial charge in [-0.25, -0.2) is 4.39 Å². The molecule has 37 heavy (non-hydrogen) atoms. The van der Waals surface area contributed by atoms with Crippen molar-refractivity contribution in [1.29, 1.82) is 0 Å². The highest BCUT2D eigenvalue weighted by Gasteiger charge is 2.30. The molecule has 0 radical (unpaired) electrons. The number of halogens is 1. The Morgan fingerprint density at radius 2 is 1.65 bits per heavy atom. The van der Waals surface area contributed by atoms with Crippen molar-refractivity contribution in [3.05, 3.63) is 101 Å². The van der Waals surface area contributed by atoms with Crippen molar-refractivity contribution < 1.29 is 18.7 Å². The number of methoxy groups -OCH3 is 1. The average molecular weight is 523 g/mol. The number of ether oxygens (including phenoxy) is 1. The highest BCUT2D eigenvalue weighted by atomic mass is 32.2. The van der Waals surface area contributed by atoms with Crippen molar-refractivity contribution in [2.24, 2.45) is 5.92 Å². The fourth-order valence-corrected chi connectivity index (χ4v) is 4.73. The topological polar surface area (TPSA) is 58.6 Å². The van der Waals surface area contributed by atoms with Crippen LogP contribution >= 0.6 is 11.8 Å². The fraction of sp³-hybridized carbons (Fsp3) is 0.333. The quantitative estimate of drug-likeness (QED) is 0.323. The van der Waals surface area contributed by atoms with E-state index in [9.17, 15) is 14.0 Å². The Labute approximate surface area is 223 Å². The molecular formula is C30H35FN2O3S. The number of thioether (sulfide) groups is 1. The lowest BCUT2D eigenvalue weighted by molar-refractivity contribution is -0.139. The van der Waals surface area contributed by atoms with Gasteiger partial charge in [0.1, 0.15) is 17.6 Å². The maximum atomic E-state index is 13.7. The minimum Gasteiger partial charge on any atom is -0.497 e. The van der Waals surface area contributed by atoms with Gasteiger partial charge in [-0.05, 0) is 46.9 Å². The van der Waals surface area contributed by atoms with Crippen LogP contribution in [0.1, 0.15) is 30.5 Å². The molecule has 5 nitrogen and oxygen atoms in total. The molecule has 196 valence electrons. The number of nitrogens with zero attached hydrogens (tertiary/aromatic N) is 1. The van der Waals surface area contributed by atoms with Gasteiger partial charge in [0.15, 0.2) is 0 Å². The molecule has 0 heterocycles. The molecule has 0 saturated heterocycles. The minimum atomic E-state index is -0.675. The summed E-state index contributed by atoms with van der Waals surface area (Å²) in [5.74, 6) is 1.17. The van der Waals surface area contributed by atoms with Crippen LogP contribution in [0.15, 0.2) is 78.9 Å². The van der Waals surface area contributed by atoms with E-state index in [4.69, 9.17) is 4.74 Å². The van der Waals surface area contributed by atoms with E-state index < -0.39 is 6.04 Å².